The molecule has 2 aliphatic rings. The van der Waals surface area contributed by atoms with Crippen molar-refractivity contribution in [1.29, 1.82) is 0 Å². The van der Waals surface area contributed by atoms with Crippen molar-refractivity contribution in [2.24, 2.45) is 11.7 Å². The van der Waals surface area contributed by atoms with Gasteiger partial charge in [0, 0.05) is 25.2 Å². The number of morpholine rings is 1. The van der Waals surface area contributed by atoms with Crippen molar-refractivity contribution in [3.63, 3.8) is 0 Å². The Morgan fingerprint density at radius 1 is 1.44 bits per heavy atom. The molecule has 1 aliphatic carbocycles. The molecule has 0 amide bonds. The first kappa shape index (κ1) is 12.3. The molecular weight excluding hydrogens is 200 g/mol. The Labute approximate surface area is 99.3 Å². The van der Waals surface area contributed by atoms with Crippen LogP contribution in [0.4, 0.5) is 0 Å². The number of nitrogens with two attached hydrogens (primary N) is 1. The van der Waals surface area contributed by atoms with Crippen LogP contribution >= 0.6 is 0 Å². The highest BCUT2D eigenvalue weighted by Gasteiger charge is 2.40. The molecule has 16 heavy (non-hydrogen) atoms. The van der Waals surface area contributed by atoms with E-state index in [1.807, 2.05) is 0 Å². The molecule has 0 aromatic rings. The van der Waals surface area contributed by atoms with Gasteiger partial charge in [-0.25, -0.2) is 0 Å². The molecule has 2 rings (SSSR count). The van der Waals surface area contributed by atoms with Gasteiger partial charge in [0.05, 0.1) is 12.2 Å². The molecule has 2 fully saturated rings. The standard InChI is InChI=1S/C13H26N2O/c1-12(2)10-15(6-7-16-12)13(3,9-14)8-11-4-5-11/h11H,4-10,14H2,1-3H3. The van der Waals surface area contributed by atoms with E-state index >= 15 is 0 Å². The van der Waals surface area contributed by atoms with Crippen molar-refractivity contribution in [1.82, 2.24) is 4.90 Å². The minimum atomic E-state index is -0.0156. The van der Waals surface area contributed by atoms with Crippen LogP contribution in [0.1, 0.15) is 40.0 Å². The second-order valence-corrected chi connectivity index (χ2v) is 6.38. The van der Waals surface area contributed by atoms with Gasteiger partial charge in [0.25, 0.3) is 0 Å². The molecule has 1 saturated carbocycles. The summed E-state index contributed by atoms with van der Waals surface area (Å²) in [6, 6.07) is 0. The van der Waals surface area contributed by atoms with E-state index in [4.69, 9.17) is 10.5 Å². The largest absolute Gasteiger partial charge is 0.373 e. The zero-order valence-corrected chi connectivity index (χ0v) is 11.0. The summed E-state index contributed by atoms with van der Waals surface area (Å²) in [5, 5.41) is 0. The second-order valence-electron chi connectivity index (χ2n) is 6.38. The second kappa shape index (κ2) is 4.28. The predicted octanol–water partition coefficient (Wildman–Crippen LogP) is 1.61. The third kappa shape index (κ3) is 2.76. The lowest BCUT2D eigenvalue weighted by atomic mass is 9.90. The van der Waals surface area contributed by atoms with E-state index in [1.165, 1.54) is 19.3 Å². The fourth-order valence-electron chi connectivity index (χ4n) is 2.76. The Hall–Kier alpha value is -0.120. The minimum absolute atomic E-state index is 0.0156. The normalized spacial score (nSPS) is 30.0. The zero-order chi connectivity index (χ0) is 11.8. The van der Waals surface area contributed by atoms with Crippen molar-refractivity contribution in [3.8, 4) is 0 Å². The van der Waals surface area contributed by atoms with E-state index < -0.39 is 0 Å². The first-order valence-electron chi connectivity index (χ1n) is 6.54. The lowest BCUT2D eigenvalue weighted by molar-refractivity contribution is -0.114. The predicted molar refractivity (Wildman–Crippen MR) is 66.4 cm³/mol. The molecule has 1 aliphatic heterocycles. The number of rotatable bonds is 4. The van der Waals surface area contributed by atoms with Gasteiger partial charge < -0.3 is 10.5 Å². The van der Waals surface area contributed by atoms with Gasteiger partial charge >= 0.3 is 0 Å². The Morgan fingerprint density at radius 2 is 2.12 bits per heavy atom. The van der Waals surface area contributed by atoms with Crippen molar-refractivity contribution in [2.75, 3.05) is 26.2 Å². The fourth-order valence-corrected chi connectivity index (χ4v) is 2.76. The van der Waals surface area contributed by atoms with Crippen LogP contribution in [0, 0.1) is 5.92 Å². The van der Waals surface area contributed by atoms with Gasteiger partial charge in [-0.3, -0.25) is 4.90 Å². The number of nitrogens with zero attached hydrogens (tertiary/aromatic N) is 1. The van der Waals surface area contributed by atoms with Gasteiger partial charge in [-0.15, -0.1) is 0 Å². The number of ether oxygens (including phenoxy) is 1. The summed E-state index contributed by atoms with van der Waals surface area (Å²) >= 11 is 0. The molecule has 0 aromatic heterocycles. The molecule has 94 valence electrons. The van der Waals surface area contributed by atoms with Crippen molar-refractivity contribution < 1.29 is 4.74 Å². The van der Waals surface area contributed by atoms with Gasteiger partial charge in [-0.2, -0.15) is 0 Å². The molecule has 0 spiro atoms. The van der Waals surface area contributed by atoms with Crippen molar-refractivity contribution in [2.45, 2.75) is 51.2 Å². The van der Waals surface area contributed by atoms with Crippen LogP contribution in [-0.2, 0) is 4.74 Å². The van der Waals surface area contributed by atoms with Gasteiger partial charge in [-0.1, -0.05) is 12.8 Å². The summed E-state index contributed by atoms with van der Waals surface area (Å²) in [6.45, 7) is 10.3. The van der Waals surface area contributed by atoms with Crippen LogP contribution in [0.15, 0.2) is 0 Å². The maximum Gasteiger partial charge on any atom is 0.0753 e. The molecule has 0 radical (unpaired) electrons. The zero-order valence-electron chi connectivity index (χ0n) is 11.0. The highest BCUT2D eigenvalue weighted by molar-refractivity contribution is 4.96. The molecule has 2 N–H and O–H groups in total. The van der Waals surface area contributed by atoms with Gasteiger partial charge in [0.2, 0.25) is 0 Å². The highest BCUT2D eigenvalue weighted by Crippen LogP contribution is 2.39. The third-order valence-corrected chi connectivity index (χ3v) is 4.05. The van der Waals surface area contributed by atoms with E-state index in [2.05, 4.69) is 25.7 Å². The van der Waals surface area contributed by atoms with E-state index in [9.17, 15) is 0 Å². The molecular formula is C13H26N2O. The molecule has 1 atom stereocenters. The number of hydrogen-bond donors (Lipinski definition) is 1. The van der Waals surface area contributed by atoms with E-state index in [0.29, 0.717) is 0 Å². The molecule has 1 heterocycles. The minimum Gasteiger partial charge on any atom is -0.373 e. The summed E-state index contributed by atoms with van der Waals surface area (Å²) < 4.78 is 5.77. The van der Waals surface area contributed by atoms with Gasteiger partial charge in [-0.05, 0) is 33.1 Å². The van der Waals surface area contributed by atoms with Crippen molar-refractivity contribution >= 4 is 0 Å². The molecule has 1 saturated heterocycles. The SMILES string of the molecule is CC1(C)CN(C(C)(CN)CC2CC2)CCO1. The molecule has 0 bridgehead atoms. The lowest BCUT2D eigenvalue weighted by Crippen LogP contribution is -2.60. The quantitative estimate of drug-likeness (QED) is 0.791. The van der Waals surface area contributed by atoms with Crippen LogP contribution in [0.5, 0.6) is 0 Å². The highest BCUT2D eigenvalue weighted by atomic mass is 16.5. The summed E-state index contributed by atoms with van der Waals surface area (Å²) in [6.07, 6.45) is 4.08. The van der Waals surface area contributed by atoms with Crippen molar-refractivity contribution in [3.05, 3.63) is 0 Å². The van der Waals surface area contributed by atoms with Crippen LogP contribution in [-0.4, -0.2) is 42.3 Å². The molecule has 3 nitrogen and oxygen atoms in total. The summed E-state index contributed by atoms with van der Waals surface area (Å²) in [7, 11) is 0. The van der Waals surface area contributed by atoms with Crippen LogP contribution in [0.2, 0.25) is 0 Å². The smallest absolute Gasteiger partial charge is 0.0753 e. The van der Waals surface area contributed by atoms with Crippen LogP contribution in [0.25, 0.3) is 0 Å². The molecule has 3 heteroatoms. The Bertz CT molecular complexity index is 250. The third-order valence-electron chi connectivity index (χ3n) is 4.05. The summed E-state index contributed by atoms with van der Waals surface area (Å²) in [5.41, 5.74) is 6.19. The fraction of sp³-hybridized carbons (Fsp3) is 1.00. The first-order valence-corrected chi connectivity index (χ1v) is 6.54. The summed E-state index contributed by atoms with van der Waals surface area (Å²) in [5.74, 6) is 0.930. The van der Waals surface area contributed by atoms with E-state index in [-0.39, 0.29) is 11.1 Å². The monoisotopic (exact) mass is 226 g/mol. The Kier molecular flexibility index (Phi) is 3.30. The summed E-state index contributed by atoms with van der Waals surface area (Å²) in [4.78, 5) is 2.55. The van der Waals surface area contributed by atoms with E-state index in [1.54, 1.807) is 0 Å². The van der Waals surface area contributed by atoms with Crippen LogP contribution < -0.4 is 5.73 Å². The molecule has 0 aromatic carbocycles. The average Bonchev–Trinajstić information content (AvgIpc) is 3.00. The number of hydrogen-bond acceptors (Lipinski definition) is 3. The van der Waals surface area contributed by atoms with Gasteiger partial charge in [0.15, 0.2) is 0 Å². The Balaban J connectivity index is 2.01. The van der Waals surface area contributed by atoms with Gasteiger partial charge in [0.1, 0.15) is 0 Å². The maximum atomic E-state index is 6.02. The maximum absolute atomic E-state index is 6.02. The molecule has 1 unspecified atom stereocenters. The van der Waals surface area contributed by atoms with E-state index in [0.717, 1.165) is 32.2 Å². The lowest BCUT2D eigenvalue weighted by Gasteiger charge is -2.48. The topological polar surface area (TPSA) is 38.5 Å². The average molecular weight is 226 g/mol. The van der Waals surface area contributed by atoms with Crippen LogP contribution in [0.3, 0.4) is 0 Å². The first-order chi connectivity index (χ1) is 7.45. The Morgan fingerprint density at radius 3 is 2.62 bits per heavy atom.